The number of nitrogens with one attached hydrogen (secondary N) is 1. The van der Waals surface area contributed by atoms with Crippen LogP contribution < -0.4 is 5.32 Å². The number of ketones is 1. The van der Waals surface area contributed by atoms with Gasteiger partial charge in [-0.05, 0) is 66.5 Å². The molecule has 1 aromatic heterocycles. The zero-order valence-corrected chi connectivity index (χ0v) is 21.4. The molecule has 0 spiro atoms. The van der Waals surface area contributed by atoms with Crippen LogP contribution in [0.4, 0.5) is 8.78 Å². The topological polar surface area (TPSA) is 59.1 Å². The van der Waals surface area contributed by atoms with Crippen molar-refractivity contribution >= 4 is 22.6 Å². The molecule has 1 N–H and O–H groups in total. The highest BCUT2D eigenvalue weighted by molar-refractivity contribution is 6.02. The Bertz CT molecular complexity index is 1500. The molecule has 4 aromatic rings. The smallest absolute Gasteiger partial charge is 0.254 e. The van der Waals surface area contributed by atoms with Gasteiger partial charge in [0.25, 0.3) is 5.91 Å². The summed E-state index contributed by atoms with van der Waals surface area (Å²) in [5, 5.41) is 3.37. The Morgan fingerprint density at radius 2 is 1.76 bits per heavy atom. The third-order valence-corrected chi connectivity index (χ3v) is 7.10. The first-order valence-electron chi connectivity index (χ1n) is 13.2. The van der Waals surface area contributed by atoms with E-state index in [9.17, 15) is 14.0 Å². The number of hydrogen-bond donors (Lipinski definition) is 1. The van der Waals surface area contributed by atoms with E-state index in [1.54, 1.807) is 18.3 Å². The highest BCUT2D eigenvalue weighted by atomic mass is 19.1. The van der Waals surface area contributed by atoms with Gasteiger partial charge in [0.2, 0.25) is 0 Å². The third kappa shape index (κ3) is 5.64. The van der Waals surface area contributed by atoms with Gasteiger partial charge >= 0.3 is 0 Å². The van der Waals surface area contributed by atoms with Crippen LogP contribution in [0.15, 0.2) is 66.9 Å². The van der Waals surface area contributed by atoms with Crippen molar-refractivity contribution in [1.29, 1.82) is 0 Å². The van der Waals surface area contributed by atoms with Crippen LogP contribution in [-0.2, 0) is 6.42 Å². The van der Waals surface area contributed by atoms with Crippen molar-refractivity contribution in [2.45, 2.75) is 45.4 Å². The second-order valence-corrected chi connectivity index (χ2v) is 10.0. The zero-order valence-electron chi connectivity index (χ0n) is 21.4. The standard InChI is InChI=1S/C32H30F2N2O2/c1-2-3-13-35-32(38)23-12-11-22(16-28(23)33)24-17-26-25(14-20-7-5-4-6-8-20)27(31(37)15-21-9-10-21)19-36-30(26)18-29(24)34/h4-8,11-12,16-19,21H,2-3,9-10,13-15H2,1H3,(H,35,38). The molecule has 4 nitrogen and oxygen atoms in total. The SMILES string of the molecule is CCCCNC(=O)c1ccc(-c2cc3c(Cc4ccccc4)c(C(=O)CC4CC4)cnc3cc2F)cc1F. The van der Waals surface area contributed by atoms with E-state index in [0.717, 1.165) is 36.8 Å². The van der Waals surface area contributed by atoms with Crippen molar-refractivity contribution in [2.75, 3.05) is 6.54 Å². The third-order valence-electron chi connectivity index (χ3n) is 7.10. The first kappa shape index (κ1) is 25.7. The predicted octanol–water partition coefficient (Wildman–Crippen LogP) is 7.28. The lowest BCUT2D eigenvalue weighted by molar-refractivity contribution is 0.0946. The Labute approximate surface area is 221 Å². The maximum atomic E-state index is 15.3. The first-order chi connectivity index (χ1) is 18.4. The summed E-state index contributed by atoms with van der Waals surface area (Å²) < 4.78 is 30.3. The summed E-state index contributed by atoms with van der Waals surface area (Å²) >= 11 is 0. The number of nitrogens with zero attached hydrogens (tertiary/aromatic N) is 1. The number of pyridine rings is 1. The van der Waals surface area contributed by atoms with Gasteiger partial charge in [0.1, 0.15) is 11.6 Å². The fourth-order valence-corrected chi connectivity index (χ4v) is 4.76. The lowest BCUT2D eigenvalue weighted by Crippen LogP contribution is -2.25. The minimum Gasteiger partial charge on any atom is -0.352 e. The summed E-state index contributed by atoms with van der Waals surface area (Å²) in [7, 11) is 0. The molecular formula is C32H30F2N2O2. The minimum absolute atomic E-state index is 0.0446. The number of aromatic nitrogens is 1. The Morgan fingerprint density at radius 3 is 2.47 bits per heavy atom. The summed E-state index contributed by atoms with van der Waals surface area (Å²) in [4.78, 5) is 30.0. The molecule has 3 aromatic carbocycles. The van der Waals surface area contributed by atoms with E-state index in [1.165, 1.54) is 18.2 Å². The molecule has 0 aliphatic heterocycles. The van der Waals surface area contributed by atoms with E-state index >= 15 is 4.39 Å². The number of Topliss-reactive ketones (excluding diaryl/α,β-unsaturated/α-hetero) is 1. The van der Waals surface area contributed by atoms with Gasteiger partial charge in [0.05, 0.1) is 11.1 Å². The Balaban J connectivity index is 1.57. The Morgan fingerprint density at radius 1 is 0.974 bits per heavy atom. The quantitative estimate of drug-likeness (QED) is 0.179. The number of rotatable bonds is 10. The van der Waals surface area contributed by atoms with Crippen LogP contribution in [0.25, 0.3) is 22.0 Å². The van der Waals surface area contributed by atoms with Gasteiger partial charge in [-0.25, -0.2) is 8.78 Å². The molecule has 1 amide bonds. The maximum Gasteiger partial charge on any atom is 0.254 e. The number of carbonyl (C=O) groups excluding carboxylic acids is 2. The van der Waals surface area contributed by atoms with Crippen LogP contribution in [0.1, 0.15) is 70.9 Å². The monoisotopic (exact) mass is 512 g/mol. The number of carbonyl (C=O) groups is 2. The van der Waals surface area contributed by atoms with E-state index in [1.807, 2.05) is 37.3 Å². The number of benzene rings is 3. The number of hydrogen-bond acceptors (Lipinski definition) is 3. The minimum atomic E-state index is -0.716. The van der Waals surface area contributed by atoms with Crippen LogP contribution in [0.2, 0.25) is 0 Å². The molecular weight excluding hydrogens is 482 g/mol. The molecule has 1 heterocycles. The molecule has 1 aliphatic rings. The zero-order chi connectivity index (χ0) is 26.6. The summed E-state index contributed by atoms with van der Waals surface area (Å²) in [6.45, 7) is 2.47. The first-order valence-corrected chi connectivity index (χ1v) is 13.2. The summed E-state index contributed by atoms with van der Waals surface area (Å²) in [5.74, 6) is -1.29. The molecule has 38 heavy (non-hydrogen) atoms. The molecule has 0 unspecified atom stereocenters. The molecule has 1 aliphatic carbocycles. The van der Waals surface area contributed by atoms with E-state index in [-0.39, 0.29) is 16.9 Å². The van der Waals surface area contributed by atoms with Crippen molar-refractivity contribution in [3.05, 3.63) is 101 Å². The van der Waals surface area contributed by atoms with Crippen LogP contribution in [0.5, 0.6) is 0 Å². The second kappa shape index (κ2) is 11.2. The van der Waals surface area contributed by atoms with Gasteiger partial charge in [0, 0.05) is 41.7 Å². The number of amides is 1. The van der Waals surface area contributed by atoms with Crippen molar-refractivity contribution in [2.24, 2.45) is 5.92 Å². The van der Waals surface area contributed by atoms with E-state index in [2.05, 4.69) is 10.3 Å². The molecule has 0 atom stereocenters. The Hall–Kier alpha value is -3.93. The van der Waals surface area contributed by atoms with Crippen LogP contribution >= 0.6 is 0 Å². The molecule has 5 rings (SSSR count). The molecule has 1 saturated carbocycles. The van der Waals surface area contributed by atoms with Gasteiger partial charge in [0.15, 0.2) is 5.78 Å². The predicted molar refractivity (Wildman–Crippen MR) is 145 cm³/mol. The van der Waals surface area contributed by atoms with Crippen LogP contribution in [-0.4, -0.2) is 23.2 Å². The second-order valence-electron chi connectivity index (χ2n) is 10.0. The van der Waals surface area contributed by atoms with Crippen molar-refractivity contribution in [3.8, 4) is 11.1 Å². The fourth-order valence-electron chi connectivity index (χ4n) is 4.76. The van der Waals surface area contributed by atoms with Gasteiger partial charge in [-0.3, -0.25) is 14.6 Å². The number of halogens is 2. The number of fused-ring (bicyclic) bond motifs is 1. The largest absolute Gasteiger partial charge is 0.352 e. The maximum absolute atomic E-state index is 15.3. The van der Waals surface area contributed by atoms with E-state index in [0.29, 0.717) is 47.3 Å². The lowest BCUT2D eigenvalue weighted by atomic mass is 9.91. The van der Waals surface area contributed by atoms with E-state index in [4.69, 9.17) is 0 Å². The van der Waals surface area contributed by atoms with Crippen molar-refractivity contribution in [3.63, 3.8) is 0 Å². The fraction of sp³-hybridized carbons (Fsp3) is 0.281. The highest BCUT2D eigenvalue weighted by Gasteiger charge is 2.27. The van der Waals surface area contributed by atoms with Gasteiger partial charge in [-0.1, -0.05) is 49.7 Å². The van der Waals surface area contributed by atoms with Crippen LogP contribution in [0, 0.1) is 17.6 Å². The molecule has 0 radical (unpaired) electrons. The van der Waals surface area contributed by atoms with Gasteiger partial charge < -0.3 is 5.32 Å². The average molecular weight is 513 g/mol. The van der Waals surface area contributed by atoms with Gasteiger partial charge in [-0.2, -0.15) is 0 Å². The summed E-state index contributed by atoms with van der Waals surface area (Å²) in [6, 6.07) is 16.9. The highest BCUT2D eigenvalue weighted by Crippen LogP contribution is 2.36. The molecule has 0 bridgehead atoms. The van der Waals surface area contributed by atoms with Crippen molar-refractivity contribution < 1.29 is 18.4 Å². The number of unbranched alkanes of at least 4 members (excludes halogenated alkanes) is 1. The molecule has 1 fully saturated rings. The average Bonchev–Trinajstić information content (AvgIpc) is 3.73. The molecule has 0 saturated heterocycles. The molecule has 6 heteroatoms. The van der Waals surface area contributed by atoms with Crippen LogP contribution in [0.3, 0.4) is 0 Å². The summed E-state index contributed by atoms with van der Waals surface area (Å²) in [6.07, 6.45) is 6.38. The lowest BCUT2D eigenvalue weighted by Gasteiger charge is -2.15. The normalized spacial score (nSPS) is 13.0. The molecule has 194 valence electrons. The van der Waals surface area contributed by atoms with Crippen molar-refractivity contribution in [1.82, 2.24) is 10.3 Å². The Kier molecular flexibility index (Phi) is 7.59. The van der Waals surface area contributed by atoms with Gasteiger partial charge in [-0.15, -0.1) is 0 Å². The van der Waals surface area contributed by atoms with E-state index < -0.39 is 17.5 Å². The summed E-state index contributed by atoms with van der Waals surface area (Å²) in [5.41, 5.74) is 3.23.